The molecule has 0 aliphatic carbocycles. The molecule has 0 radical (unpaired) electrons. The van der Waals surface area contributed by atoms with Crippen molar-refractivity contribution in [3.63, 3.8) is 0 Å². The van der Waals surface area contributed by atoms with Gasteiger partial charge in [-0.25, -0.2) is 0 Å². The van der Waals surface area contributed by atoms with Gasteiger partial charge in [-0.15, -0.1) is 0 Å². The second kappa shape index (κ2) is 6.52. The lowest BCUT2D eigenvalue weighted by Crippen LogP contribution is -2.34. The van der Waals surface area contributed by atoms with Crippen LogP contribution in [0.15, 0.2) is 12.1 Å². The molecule has 1 aromatic carbocycles. The minimum absolute atomic E-state index is 0.289. The molecule has 1 saturated heterocycles. The lowest BCUT2D eigenvalue weighted by Gasteiger charge is -2.28. The van der Waals surface area contributed by atoms with Crippen LogP contribution in [0.2, 0.25) is 10.0 Å². The van der Waals surface area contributed by atoms with Gasteiger partial charge in [-0.1, -0.05) is 23.2 Å². The van der Waals surface area contributed by atoms with E-state index in [0.717, 1.165) is 30.8 Å². The number of ether oxygens (including phenoxy) is 1. The summed E-state index contributed by atoms with van der Waals surface area (Å²) in [5.41, 5.74) is 1.09. The summed E-state index contributed by atoms with van der Waals surface area (Å²) in [4.78, 5) is 2.51. The van der Waals surface area contributed by atoms with Crippen molar-refractivity contribution in [2.75, 3.05) is 32.8 Å². The first-order valence-corrected chi connectivity index (χ1v) is 8.07. The number of likely N-dealkylation sites (tertiary alicyclic amines) is 1. The van der Waals surface area contributed by atoms with Crippen LogP contribution in [0.25, 0.3) is 0 Å². The summed E-state index contributed by atoms with van der Waals surface area (Å²) < 4.78 is 5.68. The monoisotopic (exact) mass is 314 g/mol. The lowest BCUT2D eigenvalue weighted by molar-refractivity contribution is 0.246. The van der Waals surface area contributed by atoms with Crippen molar-refractivity contribution in [3.8, 4) is 5.75 Å². The van der Waals surface area contributed by atoms with Crippen LogP contribution in [0, 0.1) is 0 Å². The summed E-state index contributed by atoms with van der Waals surface area (Å²) in [7, 11) is 0. The van der Waals surface area contributed by atoms with Crippen molar-refractivity contribution >= 4 is 23.2 Å². The van der Waals surface area contributed by atoms with E-state index in [9.17, 15) is 0 Å². The molecule has 110 valence electrons. The largest absolute Gasteiger partial charge is 0.492 e. The number of hydrogen-bond acceptors (Lipinski definition) is 3. The third-order valence-electron chi connectivity index (χ3n) is 4.08. The Balaban J connectivity index is 1.63. The average Bonchev–Trinajstić information content (AvgIpc) is 2.92. The summed E-state index contributed by atoms with van der Waals surface area (Å²) in [5, 5.41) is 4.90. The van der Waals surface area contributed by atoms with Crippen LogP contribution < -0.4 is 10.1 Å². The number of fused-ring (bicyclic) bond motifs is 1. The lowest BCUT2D eigenvalue weighted by atomic mass is 10.0. The Morgan fingerprint density at radius 2 is 2.05 bits per heavy atom. The van der Waals surface area contributed by atoms with Crippen molar-refractivity contribution in [2.45, 2.75) is 25.3 Å². The van der Waals surface area contributed by atoms with Crippen molar-refractivity contribution < 1.29 is 4.74 Å². The van der Waals surface area contributed by atoms with Crippen LogP contribution in [-0.4, -0.2) is 37.7 Å². The first kappa shape index (κ1) is 14.5. The molecule has 1 unspecified atom stereocenters. The Hall–Kier alpha value is -0.480. The van der Waals surface area contributed by atoms with Crippen LogP contribution in [0.3, 0.4) is 0 Å². The van der Waals surface area contributed by atoms with Gasteiger partial charge in [0, 0.05) is 36.1 Å². The Morgan fingerprint density at radius 1 is 1.25 bits per heavy atom. The van der Waals surface area contributed by atoms with Crippen LogP contribution >= 0.6 is 23.2 Å². The van der Waals surface area contributed by atoms with E-state index >= 15 is 0 Å². The molecule has 2 heterocycles. The van der Waals surface area contributed by atoms with Gasteiger partial charge in [-0.3, -0.25) is 0 Å². The Labute approximate surface area is 130 Å². The number of benzene rings is 1. The fourth-order valence-electron chi connectivity index (χ4n) is 3.04. The Morgan fingerprint density at radius 3 is 2.85 bits per heavy atom. The minimum atomic E-state index is 0.289. The van der Waals surface area contributed by atoms with Gasteiger partial charge in [-0.2, -0.15) is 0 Å². The smallest absolute Gasteiger partial charge is 0.142 e. The molecule has 1 N–H and O–H groups in total. The molecule has 2 aliphatic heterocycles. The van der Waals surface area contributed by atoms with E-state index in [1.807, 2.05) is 6.07 Å². The number of nitrogens with one attached hydrogen (secondary N) is 1. The highest BCUT2D eigenvalue weighted by molar-refractivity contribution is 6.35. The van der Waals surface area contributed by atoms with Gasteiger partial charge in [0.2, 0.25) is 0 Å². The van der Waals surface area contributed by atoms with Gasteiger partial charge in [0.15, 0.2) is 0 Å². The van der Waals surface area contributed by atoms with Crippen molar-refractivity contribution in [2.24, 2.45) is 0 Å². The highest BCUT2D eigenvalue weighted by atomic mass is 35.5. The second-order valence-corrected chi connectivity index (χ2v) is 6.34. The standard InChI is InChI=1S/C15H20Cl2N2O/c16-11-9-12-14(3-8-20-15(12)13(17)10-11)18-4-7-19-5-1-2-6-19/h9-10,14,18H,1-8H2. The van der Waals surface area contributed by atoms with Crippen molar-refractivity contribution in [3.05, 3.63) is 27.7 Å². The molecule has 1 atom stereocenters. The molecule has 1 fully saturated rings. The number of halogens is 2. The van der Waals surface area contributed by atoms with Crippen LogP contribution in [0.4, 0.5) is 0 Å². The van der Waals surface area contributed by atoms with Gasteiger partial charge < -0.3 is 15.0 Å². The van der Waals surface area contributed by atoms with Crippen molar-refractivity contribution in [1.29, 1.82) is 0 Å². The maximum atomic E-state index is 6.20. The minimum Gasteiger partial charge on any atom is -0.492 e. The third kappa shape index (κ3) is 3.22. The van der Waals surface area contributed by atoms with E-state index in [4.69, 9.17) is 27.9 Å². The Kier molecular flexibility index (Phi) is 4.72. The summed E-state index contributed by atoms with van der Waals surface area (Å²) in [6.07, 6.45) is 3.64. The Bertz CT molecular complexity index is 475. The van der Waals surface area contributed by atoms with Gasteiger partial charge in [0.05, 0.1) is 11.6 Å². The quantitative estimate of drug-likeness (QED) is 0.920. The van der Waals surface area contributed by atoms with Crippen LogP contribution in [0.5, 0.6) is 5.75 Å². The first-order valence-electron chi connectivity index (χ1n) is 7.31. The zero-order valence-electron chi connectivity index (χ0n) is 11.5. The molecule has 0 saturated carbocycles. The van der Waals surface area contributed by atoms with E-state index in [2.05, 4.69) is 10.2 Å². The predicted octanol–water partition coefficient (Wildman–Crippen LogP) is 3.50. The third-order valence-corrected chi connectivity index (χ3v) is 4.58. The topological polar surface area (TPSA) is 24.5 Å². The van der Waals surface area contributed by atoms with Gasteiger partial charge in [-0.05, 0) is 38.1 Å². The molecule has 20 heavy (non-hydrogen) atoms. The molecule has 2 aliphatic rings. The zero-order valence-corrected chi connectivity index (χ0v) is 13.0. The van der Waals surface area contributed by atoms with E-state index in [0.29, 0.717) is 16.7 Å². The fraction of sp³-hybridized carbons (Fsp3) is 0.600. The number of nitrogens with zero attached hydrogens (tertiary/aromatic N) is 1. The zero-order chi connectivity index (χ0) is 13.9. The molecule has 0 amide bonds. The summed E-state index contributed by atoms with van der Waals surface area (Å²) in [6, 6.07) is 4.00. The number of rotatable bonds is 4. The average molecular weight is 315 g/mol. The normalized spacial score (nSPS) is 22.6. The molecule has 5 heteroatoms. The summed E-state index contributed by atoms with van der Waals surface area (Å²) in [6.45, 7) is 5.29. The molecule has 0 bridgehead atoms. The molecule has 0 aromatic heterocycles. The fourth-order valence-corrected chi connectivity index (χ4v) is 3.60. The maximum absolute atomic E-state index is 6.20. The van der Waals surface area contributed by atoms with Gasteiger partial charge >= 0.3 is 0 Å². The van der Waals surface area contributed by atoms with E-state index in [1.54, 1.807) is 6.07 Å². The molecule has 3 rings (SSSR count). The number of hydrogen-bond donors (Lipinski definition) is 1. The molecular weight excluding hydrogens is 295 g/mol. The highest BCUT2D eigenvalue weighted by Gasteiger charge is 2.24. The highest BCUT2D eigenvalue weighted by Crippen LogP contribution is 2.39. The van der Waals surface area contributed by atoms with Crippen LogP contribution in [0.1, 0.15) is 30.9 Å². The first-order chi connectivity index (χ1) is 9.74. The molecule has 1 aromatic rings. The maximum Gasteiger partial charge on any atom is 0.142 e. The molecule has 0 spiro atoms. The van der Waals surface area contributed by atoms with E-state index < -0.39 is 0 Å². The summed E-state index contributed by atoms with van der Waals surface area (Å²) in [5.74, 6) is 0.793. The summed E-state index contributed by atoms with van der Waals surface area (Å²) >= 11 is 12.3. The second-order valence-electron chi connectivity index (χ2n) is 5.50. The molecular formula is C15H20Cl2N2O. The van der Waals surface area contributed by atoms with Crippen molar-refractivity contribution in [1.82, 2.24) is 10.2 Å². The van der Waals surface area contributed by atoms with E-state index in [-0.39, 0.29) is 6.04 Å². The van der Waals surface area contributed by atoms with Gasteiger partial charge in [0.1, 0.15) is 5.75 Å². The predicted molar refractivity (Wildman–Crippen MR) is 83.0 cm³/mol. The van der Waals surface area contributed by atoms with Crippen LogP contribution in [-0.2, 0) is 0 Å². The SMILES string of the molecule is Clc1cc(Cl)c2c(c1)C(NCCN1CCCC1)CCO2. The van der Waals surface area contributed by atoms with E-state index in [1.165, 1.54) is 25.9 Å². The van der Waals surface area contributed by atoms with Gasteiger partial charge in [0.25, 0.3) is 0 Å². The molecule has 3 nitrogen and oxygen atoms in total.